The van der Waals surface area contributed by atoms with Crippen LogP contribution < -0.4 is 11.1 Å². The first kappa shape index (κ1) is 11.7. The second-order valence-corrected chi connectivity index (χ2v) is 4.53. The van der Waals surface area contributed by atoms with Crippen molar-refractivity contribution in [3.05, 3.63) is 29.3 Å². The summed E-state index contributed by atoms with van der Waals surface area (Å²) in [5.74, 6) is -0.0953. The van der Waals surface area contributed by atoms with Crippen LogP contribution in [0.4, 0.5) is 5.69 Å². The minimum atomic E-state index is -0.0953. The molecule has 0 saturated carbocycles. The van der Waals surface area contributed by atoms with Gasteiger partial charge in [-0.25, -0.2) is 0 Å². The van der Waals surface area contributed by atoms with Gasteiger partial charge < -0.3 is 11.1 Å². The Hall–Kier alpha value is -1.79. The molecule has 0 unspecified atom stereocenters. The highest BCUT2D eigenvalue weighted by molar-refractivity contribution is 7.14. The molecule has 0 saturated heterocycles. The Morgan fingerprint density at radius 1 is 1.47 bits per heavy atom. The van der Waals surface area contributed by atoms with Crippen molar-refractivity contribution in [3.8, 4) is 10.6 Å². The number of anilines is 1. The third-order valence-corrected chi connectivity index (χ3v) is 3.07. The fourth-order valence-electron chi connectivity index (χ4n) is 1.39. The lowest BCUT2D eigenvalue weighted by Crippen LogP contribution is -2.05. The van der Waals surface area contributed by atoms with Crippen LogP contribution in [0.15, 0.2) is 24.3 Å². The van der Waals surface area contributed by atoms with Gasteiger partial charge in [0.1, 0.15) is 10.0 Å². The van der Waals surface area contributed by atoms with Crippen LogP contribution in [0.1, 0.15) is 11.9 Å². The molecule has 88 valence electrons. The van der Waals surface area contributed by atoms with Crippen LogP contribution in [-0.2, 0) is 11.3 Å². The zero-order valence-electron chi connectivity index (χ0n) is 9.30. The molecule has 6 heteroatoms. The molecule has 5 nitrogen and oxygen atoms in total. The van der Waals surface area contributed by atoms with Gasteiger partial charge in [-0.2, -0.15) is 0 Å². The van der Waals surface area contributed by atoms with E-state index in [1.54, 1.807) is 0 Å². The van der Waals surface area contributed by atoms with E-state index in [1.807, 2.05) is 24.3 Å². The molecular weight excluding hydrogens is 236 g/mol. The lowest BCUT2D eigenvalue weighted by molar-refractivity contribution is -0.114. The van der Waals surface area contributed by atoms with Gasteiger partial charge in [-0.1, -0.05) is 23.5 Å². The topological polar surface area (TPSA) is 80.9 Å². The largest absolute Gasteiger partial charge is 0.326 e. The summed E-state index contributed by atoms with van der Waals surface area (Å²) < 4.78 is 0. The molecule has 0 atom stereocenters. The summed E-state index contributed by atoms with van der Waals surface area (Å²) in [5.41, 5.74) is 7.16. The van der Waals surface area contributed by atoms with Crippen molar-refractivity contribution in [2.45, 2.75) is 13.5 Å². The summed E-state index contributed by atoms with van der Waals surface area (Å²) in [4.78, 5) is 11.0. The lowest BCUT2D eigenvalue weighted by atomic mass is 10.2. The van der Waals surface area contributed by atoms with Gasteiger partial charge in [0.25, 0.3) is 0 Å². The molecule has 0 bridgehead atoms. The van der Waals surface area contributed by atoms with Gasteiger partial charge in [0.15, 0.2) is 0 Å². The highest BCUT2D eigenvalue weighted by atomic mass is 32.1. The standard InChI is InChI=1S/C11H12N4OS/c1-7(16)13-9-4-2-3-8(5-9)11-15-14-10(6-12)17-11/h2-5H,6,12H2,1H3,(H,13,16). The molecule has 0 fully saturated rings. The molecule has 0 radical (unpaired) electrons. The van der Waals surface area contributed by atoms with E-state index in [-0.39, 0.29) is 5.91 Å². The quantitative estimate of drug-likeness (QED) is 0.865. The third-order valence-electron chi connectivity index (χ3n) is 2.07. The van der Waals surface area contributed by atoms with Crippen molar-refractivity contribution >= 4 is 22.9 Å². The van der Waals surface area contributed by atoms with Crippen molar-refractivity contribution in [2.75, 3.05) is 5.32 Å². The number of aromatic nitrogens is 2. The maximum absolute atomic E-state index is 11.0. The summed E-state index contributed by atoms with van der Waals surface area (Å²) in [6, 6.07) is 7.48. The number of nitrogens with one attached hydrogen (secondary N) is 1. The summed E-state index contributed by atoms with van der Waals surface area (Å²) in [5, 5.41) is 12.3. The molecule has 1 aromatic heterocycles. The SMILES string of the molecule is CC(=O)Nc1cccc(-c2nnc(CN)s2)c1. The Morgan fingerprint density at radius 2 is 2.29 bits per heavy atom. The van der Waals surface area contributed by atoms with Crippen molar-refractivity contribution in [1.29, 1.82) is 0 Å². The van der Waals surface area contributed by atoms with Gasteiger partial charge in [-0.05, 0) is 12.1 Å². The van der Waals surface area contributed by atoms with E-state index in [1.165, 1.54) is 18.3 Å². The molecule has 1 amide bonds. The number of carbonyl (C=O) groups is 1. The zero-order chi connectivity index (χ0) is 12.3. The van der Waals surface area contributed by atoms with Gasteiger partial charge >= 0.3 is 0 Å². The van der Waals surface area contributed by atoms with Crippen LogP contribution in [0, 0.1) is 0 Å². The fraction of sp³-hybridized carbons (Fsp3) is 0.182. The van der Waals surface area contributed by atoms with Gasteiger partial charge in [0, 0.05) is 24.7 Å². The zero-order valence-corrected chi connectivity index (χ0v) is 10.1. The van der Waals surface area contributed by atoms with Crippen LogP contribution in [0.25, 0.3) is 10.6 Å². The fourth-order valence-corrected chi connectivity index (χ4v) is 2.10. The number of amides is 1. The Labute approximate surface area is 103 Å². The van der Waals surface area contributed by atoms with Crippen molar-refractivity contribution in [2.24, 2.45) is 5.73 Å². The van der Waals surface area contributed by atoms with E-state index in [0.717, 1.165) is 21.3 Å². The predicted octanol–water partition coefficient (Wildman–Crippen LogP) is 1.62. The molecule has 2 rings (SSSR count). The first-order chi connectivity index (χ1) is 8.19. The Balaban J connectivity index is 2.29. The molecule has 1 heterocycles. The molecule has 0 aliphatic carbocycles. The van der Waals surface area contributed by atoms with Crippen molar-refractivity contribution < 1.29 is 4.79 Å². The van der Waals surface area contributed by atoms with Gasteiger partial charge in [0.05, 0.1) is 0 Å². The molecule has 3 N–H and O–H groups in total. The summed E-state index contributed by atoms with van der Waals surface area (Å²) >= 11 is 1.45. The van der Waals surface area contributed by atoms with E-state index in [0.29, 0.717) is 6.54 Å². The molecule has 0 aliphatic heterocycles. The number of nitrogens with zero attached hydrogens (tertiary/aromatic N) is 2. The number of nitrogens with two attached hydrogens (primary N) is 1. The number of benzene rings is 1. The van der Waals surface area contributed by atoms with Crippen LogP contribution in [0.2, 0.25) is 0 Å². The predicted molar refractivity (Wildman–Crippen MR) is 67.5 cm³/mol. The number of hydrogen-bond acceptors (Lipinski definition) is 5. The first-order valence-electron chi connectivity index (χ1n) is 5.09. The summed E-state index contributed by atoms with van der Waals surface area (Å²) in [7, 11) is 0. The van der Waals surface area contributed by atoms with Gasteiger partial charge in [-0.15, -0.1) is 10.2 Å². The Bertz CT molecular complexity index is 538. The van der Waals surface area contributed by atoms with E-state index in [9.17, 15) is 4.79 Å². The Morgan fingerprint density at radius 3 is 2.94 bits per heavy atom. The van der Waals surface area contributed by atoms with E-state index in [4.69, 9.17) is 5.73 Å². The third kappa shape index (κ3) is 2.86. The van der Waals surface area contributed by atoms with Crippen LogP contribution in [0.3, 0.4) is 0 Å². The summed E-state index contributed by atoms with van der Waals surface area (Å²) in [6.07, 6.45) is 0. The van der Waals surface area contributed by atoms with E-state index < -0.39 is 0 Å². The maximum Gasteiger partial charge on any atom is 0.221 e. The number of carbonyl (C=O) groups excluding carboxylic acids is 1. The normalized spacial score (nSPS) is 10.2. The molecule has 0 aliphatic rings. The van der Waals surface area contributed by atoms with Crippen LogP contribution >= 0.6 is 11.3 Å². The van der Waals surface area contributed by atoms with Crippen molar-refractivity contribution in [3.63, 3.8) is 0 Å². The number of hydrogen-bond donors (Lipinski definition) is 2. The van der Waals surface area contributed by atoms with Crippen LogP contribution in [-0.4, -0.2) is 16.1 Å². The van der Waals surface area contributed by atoms with Crippen LogP contribution in [0.5, 0.6) is 0 Å². The first-order valence-corrected chi connectivity index (χ1v) is 5.91. The smallest absolute Gasteiger partial charge is 0.221 e. The maximum atomic E-state index is 11.0. The minimum Gasteiger partial charge on any atom is -0.326 e. The molecule has 2 aromatic rings. The Kier molecular flexibility index (Phi) is 3.46. The molecule has 0 spiro atoms. The average molecular weight is 248 g/mol. The number of rotatable bonds is 3. The molecule has 17 heavy (non-hydrogen) atoms. The van der Waals surface area contributed by atoms with E-state index >= 15 is 0 Å². The van der Waals surface area contributed by atoms with Crippen molar-refractivity contribution in [1.82, 2.24) is 10.2 Å². The molecule has 1 aromatic carbocycles. The summed E-state index contributed by atoms with van der Waals surface area (Å²) in [6.45, 7) is 1.87. The highest BCUT2D eigenvalue weighted by Crippen LogP contribution is 2.25. The minimum absolute atomic E-state index is 0.0953. The highest BCUT2D eigenvalue weighted by Gasteiger charge is 2.06. The van der Waals surface area contributed by atoms with Gasteiger partial charge in [0.2, 0.25) is 5.91 Å². The monoisotopic (exact) mass is 248 g/mol. The van der Waals surface area contributed by atoms with E-state index in [2.05, 4.69) is 15.5 Å². The lowest BCUT2D eigenvalue weighted by Gasteiger charge is -2.02. The second-order valence-electron chi connectivity index (χ2n) is 3.47. The second kappa shape index (κ2) is 5.03. The molecular formula is C11H12N4OS. The van der Waals surface area contributed by atoms with Gasteiger partial charge in [-0.3, -0.25) is 4.79 Å². The average Bonchev–Trinajstić information content (AvgIpc) is 2.77.